The molecular formula is C12H26N2O3. The molecule has 0 fully saturated rings. The number of carbonyl (C=O) groups is 1. The Morgan fingerprint density at radius 1 is 1.59 bits per heavy atom. The number of amides is 1. The molecule has 0 spiro atoms. The first-order valence-electron chi connectivity index (χ1n) is 6.08. The van der Waals surface area contributed by atoms with E-state index in [1.165, 1.54) is 0 Å². The van der Waals surface area contributed by atoms with Crippen LogP contribution in [0.15, 0.2) is 0 Å². The van der Waals surface area contributed by atoms with Crippen molar-refractivity contribution in [2.75, 3.05) is 20.3 Å². The number of rotatable bonds is 8. The first-order valence-corrected chi connectivity index (χ1v) is 6.08. The smallest absolute Gasteiger partial charge is 0.237 e. The van der Waals surface area contributed by atoms with E-state index in [2.05, 4.69) is 5.32 Å². The molecule has 1 unspecified atom stereocenters. The van der Waals surface area contributed by atoms with Gasteiger partial charge in [0.25, 0.3) is 0 Å². The average molecular weight is 246 g/mol. The number of methoxy groups -OCH3 is 1. The molecule has 0 aliphatic heterocycles. The first kappa shape index (κ1) is 16.4. The fourth-order valence-electron chi connectivity index (χ4n) is 1.32. The Morgan fingerprint density at radius 2 is 2.18 bits per heavy atom. The molecule has 5 nitrogen and oxygen atoms in total. The van der Waals surface area contributed by atoms with Gasteiger partial charge in [0.15, 0.2) is 0 Å². The molecule has 0 aromatic carbocycles. The summed E-state index contributed by atoms with van der Waals surface area (Å²) in [7, 11) is 1.58. The van der Waals surface area contributed by atoms with Gasteiger partial charge in [0.2, 0.25) is 5.91 Å². The van der Waals surface area contributed by atoms with Gasteiger partial charge in [-0.3, -0.25) is 4.79 Å². The molecule has 4 N–H and O–H groups in total. The number of hydrogen-bond donors (Lipinski definition) is 3. The van der Waals surface area contributed by atoms with E-state index >= 15 is 0 Å². The molecule has 0 radical (unpaired) electrons. The number of ether oxygens (including phenoxy) is 1. The molecule has 0 heterocycles. The predicted octanol–water partition coefficient (Wildman–Crippen LogP) is 0.264. The second-order valence-corrected chi connectivity index (χ2v) is 4.87. The topological polar surface area (TPSA) is 84.6 Å². The van der Waals surface area contributed by atoms with Crippen LogP contribution in [0.3, 0.4) is 0 Å². The van der Waals surface area contributed by atoms with Gasteiger partial charge in [-0.15, -0.1) is 0 Å². The van der Waals surface area contributed by atoms with Crippen molar-refractivity contribution in [3.63, 3.8) is 0 Å². The molecule has 0 aliphatic carbocycles. The lowest BCUT2D eigenvalue weighted by Gasteiger charge is -2.25. The van der Waals surface area contributed by atoms with Gasteiger partial charge in [-0.25, -0.2) is 0 Å². The van der Waals surface area contributed by atoms with Crippen molar-refractivity contribution in [1.29, 1.82) is 0 Å². The minimum Gasteiger partial charge on any atom is -0.388 e. The second-order valence-electron chi connectivity index (χ2n) is 4.87. The molecule has 0 aromatic rings. The number of nitrogens with one attached hydrogen (secondary N) is 1. The van der Waals surface area contributed by atoms with Gasteiger partial charge in [-0.1, -0.05) is 20.3 Å². The van der Waals surface area contributed by atoms with E-state index in [4.69, 9.17) is 10.5 Å². The van der Waals surface area contributed by atoms with E-state index in [9.17, 15) is 9.90 Å². The summed E-state index contributed by atoms with van der Waals surface area (Å²) in [5, 5.41) is 12.6. The second kappa shape index (κ2) is 7.63. The predicted molar refractivity (Wildman–Crippen MR) is 67.6 cm³/mol. The van der Waals surface area contributed by atoms with E-state index in [1.807, 2.05) is 13.8 Å². The SMILES string of the molecule is CC[C@H](C)[C@H](N)C(=O)NCC(C)(O)CCOC. The Hall–Kier alpha value is -0.650. The van der Waals surface area contributed by atoms with Crippen LogP contribution in [-0.2, 0) is 9.53 Å². The molecule has 0 rings (SSSR count). The van der Waals surface area contributed by atoms with E-state index in [-0.39, 0.29) is 18.4 Å². The Kier molecular flexibility index (Phi) is 7.34. The van der Waals surface area contributed by atoms with Crippen molar-refractivity contribution < 1.29 is 14.6 Å². The highest BCUT2D eigenvalue weighted by Crippen LogP contribution is 2.09. The van der Waals surface area contributed by atoms with Crippen LogP contribution in [0.2, 0.25) is 0 Å². The third-order valence-corrected chi connectivity index (χ3v) is 3.05. The third-order valence-electron chi connectivity index (χ3n) is 3.05. The summed E-state index contributed by atoms with van der Waals surface area (Å²) in [5.41, 5.74) is 4.82. The summed E-state index contributed by atoms with van der Waals surface area (Å²) in [6.45, 7) is 6.25. The van der Waals surface area contributed by atoms with Crippen LogP contribution in [0.1, 0.15) is 33.6 Å². The fourth-order valence-corrected chi connectivity index (χ4v) is 1.32. The molecule has 17 heavy (non-hydrogen) atoms. The van der Waals surface area contributed by atoms with Crippen LogP contribution < -0.4 is 11.1 Å². The molecule has 0 aromatic heterocycles. The Bertz CT molecular complexity index is 232. The molecule has 0 saturated carbocycles. The van der Waals surface area contributed by atoms with Gasteiger partial charge in [0.1, 0.15) is 0 Å². The highest BCUT2D eigenvalue weighted by Gasteiger charge is 2.24. The van der Waals surface area contributed by atoms with E-state index < -0.39 is 11.6 Å². The van der Waals surface area contributed by atoms with Crippen LogP contribution >= 0.6 is 0 Å². The number of hydrogen-bond acceptors (Lipinski definition) is 4. The quantitative estimate of drug-likeness (QED) is 0.573. The lowest BCUT2D eigenvalue weighted by atomic mass is 9.98. The highest BCUT2D eigenvalue weighted by atomic mass is 16.5. The minimum absolute atomic E-state index is 0.138. The van der Waals surface area contributed by atoms with Crippen molar-refractivity contribution >= 4 is 5.91 Å². The largest absolute Gasteiger partial charge is 0.388 e. The first-order chi connectivity index (χ1) is 7.84. The zero-order valence-corrected chi connectivity index (χ0v) is 11.3. The van der Waals surface area contributed by atoms with Crippen LogP contribution in [0.5, 0.6) is 0 Å². The number of nitrogens with two attached hydrogens (primary N) is 1. The molecule has 102 valence electrons. The van der Waals surface area contributed by atoms with Crippen molar-refractivity contribution in [1.82, 2.24) is 5.32 Å². The molecule has 3 atom stereocenters. The summed E-state index contributed by atoms with van der Waals surface area (Å²) >= 11 is 0. The fraction of sp³-hybridized carbons (Fsp3) is 0.917. The van der Waals surface area contributed by atoms with E-state index in [0.717, 1.165) is 6.42 Å². The summed E-state index contributed by atoms with van der Waals surface area (Å²) in [6.07, 6.45) is 1.33. The zero-order chi connectivity index (χ0) is 13.5. The standard InChI is InChI=1S/C12H26N2O3/c1-5-9(2)10(13)11(15)14-8-12(3,16)6-7-17-4/h9-10,16H,5-8,13H2,1-4H3,(H,14,15)/t9-,10-,12?/m0/s1. The summed E-state index contributed by atoms with van der Waals surface area (Å²) < 4.78 is 4.89. The number of carbonyl (C=O) groups excluding carboxylic acids is 1. The van der Waals surface area contributed by atoms with Gasteiger partial charge in [0.05, 0.1) is 11.6 Å². The van der Waals surface area contributed by atoms with Gasteiger partial charge >= 0.3 is 0 Å². The van der Waals surface area contributed by atoms with Gasteiger partial charge < -0.3 is 20.9 Å². The maximum atomic E-state index is 11.7. The lowest BCUT2D eigenvalue weighted by Crippen LogP contribution is -2.49. The Balaban J connectivity index is 4.05. The molecule has 0 bridgehead atoms. The lowest BCUT2D eigenvalue weighted by molar-refractivity contribution is -0.124. The summed E-state index contributed by atoms with van der Waals surface area (Å²) in [6, 6.07) is -0.516. The minimum atomic E-state index is -0.957. The molecule has 0 aliphatic rings. The molecule has 1 amide bonds. The van der Waals surface area contributed by atoms with Crippen LogP contribution in [-0.4, -0.2) is 42.9 Å². The Morgan fingerprint density at radius 3 is 2.65 bits per heavy atom. The van der Waals surface area contributed by atoms with Crippen molar-refractivity contribution in [3.05, 3.63) is 0 Å². The molecule has 5 heteroatoms. The Labute approximate surface area is 104 Å². The summed E-state index contributed by atoms with van der Waals surface area (Å²) in [4.78, 5) is 11.7. The zero-order valence-electron chi connectivity index (χ0n) is 11.3. The van der Waals surface area contributed by atoms with Crippen LogP contribution in [0, 0.1) is 5.92 Å². The maximum Gasteiger partial charge on any atom is 0.237 e. The maximum absolute atomic E-state index is 11.7. The van der Waals surface area contributed by atoms with Gasteiger partial charge in [-0.2, -0.15) is 0 Å². The number of aliphatic hydroxyl groups is 1. The molecular weight excluding hydrogens is 220 g/mol. The van der Waals surface area contributed by atoms with Crippen molar-refractivity contribution in [3.8, 4) is 0 Å². The van der Waals surface area contributed by atoms with E-state index in [0.29, 0.717) is 13.0 Å². The van der Waals surface area contributed by atoms with Crippen LogP contribution in [0.4, 0.5) is 0 Å². The average Bonchev–Trinajstić information content (AvgIpc) is 2.31. The molecule has 0 saturated heterocycles. The highest BCUT2D eigenvalue weighted by molar-refractivity contribution is 5.81. The van der Waals surface area contributed by atoms with E-state index in [1.54, 1.807) is 14.0 Å². The normalized spacial score (nSPS) is 18.2. The summed E-state index contributed by atoms with van der Waals surface area (Å²) in [5.74, 6) is -0.0732. The monoisotopic (exact) mass is 246 g/mol. The van der Waals surface area contributed by atoms with Crippen LogP contribution in [0.25, 0.3) is 0 Å². The van der Waals surface area contributed by atoms with Crippen molar-refractivity contribution in [2.24, 2.45) is 11.7 Å². The van der Waals surface area contributed by atoms with Gasteiger partial charge in [0, 0.05) is 26.7 Å². The third kappa shape index (κ3) is 6.61. The van der Waals surface area contributed by atoms with Crippen molar-refractivity contribution in [2.45, 2.75) is 45.3 Å². The van der Waals surface area contributed by atoms with Gasteiger partial charge in [-0.05, 0) is 12.8 Å².